The van der Waals surface area contributed by atoms with E-state index in [1.807, 2.05) is 0 Å². The van der Waals surface area contributed by atoms with Gasteiger partial charge in [0.15, 0.2) is 11.5 Å². The third-order valence-corrected chi connectivity index (χ3v) is 5.74. The van der Waals surface area contributed by atoms with Crippen LogP contribution in [0.15, 0.2) is 12.7 Å². The molecule has 3 heterocycles. The van der Waals surface area contributed by atoms with Gasteiger partial charge in [0.25, 0.3) is 0 Å². The SMILES string of the molecule is Nc1ncnc2c1ncn2C[C@H]1CS[C@@H](P(=O)(O)O)O1. The molecule has 1 aliphatic rings. The normalized spacial score (nSPS) is 23.5. The number of ether oxygens (including phenoxy) is 1. The van der Waals surface area contributed by atoms with Crippen LogP contribution in [0.4, 0.5) is 5.82 Å². The minimum atomic E-state index is -4.23. The topological polar surface area (TPSA) is 136 Å². The first-order valence-corrected chi connectivity index (χ1v) is 8.42. The van der Waals surface area contributed by atoms with Crippen LogP contribution in [0.25, 0.3) is 11.2 Å². The number of imidazole rings is 1. The van der Waals surface area contributed by atoms with Crippen LogP contribution in [0, 0.1) is 0 Å². The van der Waals surface area contributed by atoms with Crippen molar-refractivity contribution in [3.05, 3.63) is 12.7 Å². The molecule has 2 atom stereocenters. The Morgan fingerprint density at radius 1 is 1.50 bits per heavy atom. The molecule has 0 spiro atoms. The van der Waals surface area contributed by atoms with Crippen molar-refractivity contribution in [2.75, 3.05) is 11.5 Å². The van der Waals surface area contributed by atoms with E-state index >= 15 is 0 Å². The fourth-order valence-corrected chi connectivity index (χ4v) is 4.12. The Morgan fingerprint density at radius 2 is 2.30 bits per heavy atom. The summed E-state index contributed by atoms with van der Waals surface area (Å²) in [6, 6.07) is 0. The van der Waals surface area contributed by atoms with Crippen molar-refractivity contribution in [1.29, 1.82) is 0 Å². The Hall–Kier alpha value is -1.19. The summed E-state index contributed by atoms with van der Waals surface area (Å²) in [5, 5.41) is -1.10. The molecule has 4 N–H and O–H groups in total. The van der Waals surface area contributed by atoms with Crippen LogP contribution in [0.1, 0.15) is 0 Å². The molecule has 20 heavy (non-hydrogen) atoms. The second-order valence-corrected chi connectivity index (χ2v) is 7.41. The first kappa shape index (κ1) is 13.8. The van der Waals surface area contributed by atoms with Crippen molar-refractivity contribution in [1.82, 2.24) is 19.5 Å². The van der Waals surface area contributed by atoms with Crippen LogP contribution in [-0.4, -0.2) is 46.3 Å². The van der Waals surface area contributed by atoms with Crippen LogP contribution >= 0.6 is 19.4 Å². The summed E-state index contributed by atoms with van der Waals surface area (Å²) in [6.07, 6.45) is 2.60. The van der Waals surface area contributed by atoms with E-state index in [1.54, 1.807) is 10.9 Å². The number of nitrogens with two attached hydrogens (primary N) is 1. The van der Waals surface area contributed by atoms with E-state index in [4.69, 9.17) is 20.3 Å². The van der Waals surface area contributed by atoms with Gasteiger partial charge in [-0.2, -0.15) is 0 Å². The maximum atomic E-state index is 11.1. The van der Waals surface area contributed by atoms with E-state index in [2.05, 4.69) is 15.0 Å². The monoisotopic (exact) mass is 317 g/mol. The van der Waals surface area contributed by atoms with E-state index in [1.165, 1.54) is 6.33 Å². The molecular formula is C9H12N5O4PS. The molecule has 0 amide bonds. The molecule has 2 aromatic rings. The number of thioether (sulfide) groups is 1. The minimum absolute atomic E-state index is 0.295. The average Bonchev–Trinajstić information content (AvgIpc) is 2.98. The Morgan fingerprint density at radius 3 is 3.00 bits per heavy atom. The Labute approximate surface area is 117 Å². The summed E-state index contributed by atoms with van der Waals surface area (Å²) < 4.78 is 18.2. The van der Waals surface area contributed by atoms with Gasteiger partial charge >= 0.3 is 7.60 Å². The van der Waals surface area contributed by atoms with Crippen LogP contribution in [-0.2, 0) is 15.8 Å². The van der Waals surface area contributed by atoms with Crippen molar-refractivity contribution in [3.8, 4) is 0 Å². The van der Waals surface area contributed by atoms with Crippen molar-refractivity contribution < 1.29 is 19.1 Å². The zero-order valence-corrected chi connectivity index (χ0v) is 11.9. The number of nitrogen functional groups attached to an aromatic ring is 1. The number of rotatable bonds is 3. The molecule has 0 aliphatic carbocycles. The lowest BCUT2D eigenvalue weighted by molar-refractivity contribution is 0.0778. The molecule has 0 bridgehead atoms. The zero-order chi connectivity index (χ0) is 14.3. The molecule has 2 aromatic heterocycles. The lowest BCUT2D eigenvalue weighted by atomic mass is 10.4. The molecule has 1 saturated heterocycles. The van der Waals surface area contributed by atoms with E-state index in [0.717, 1.165) is 11.8 Å². The first-order valence-electron chi connectivity index (χ1n) is 5.69. The predicted octanol–water partition coefficient (Wildman–Crippen LogP) is 0.00180. The molecule has 3 rings (SSSR count). The molecule has 1 fully saturated rings. The van der Waals surface area contributed by atoms with E-state index in [0.29, 0.717) is 29.3 Å². The first-order chi connectivity index (χ1) is 9.45. The third kappa shape index (κ3) is 2.52. The highest BCUT2D eigenvalue weighted by molar-refractivity contribution is 8.05. The number of hydrogen-bond donors (Lipinski definition) is 3. The highest BCUT2D eigenvalue weighted by Gasteiger charge is 2.38. The van der Waals surface area contributed by atoms with E-state index in [-0.39, 0.29) is 6.10 Å². The lowest BCUT2D eigenvalue weighted by Gasteiger charge is -2.14. The van der Waals surface area contributed by atoms with Crippen LogP contribution in [0.5, 0.6) is 0 Å². The second-order valence-electron chi connectivity index (χ2n) is 4.32. The molecule has 0 unspecified atom stereocenters. The average molecular weight is 317 g/mol. The zero-order valence-electron chi connectivity index (χ0n) is 10.2. The van der Waals surface area contributed by atoms with Crippen LogP contribution in [0.2, 0.25) is 0 Å². The third-order valence-electron chi connectivity index (χ3n) is 2.84. The highest BCUT2D eigenvalue weighted by Crippen LogP contribution is 2.51. The van der Waals surface area contributed by atoms with Crippen molar-refractivity contribution in [2.24, 2.45) is 0 Å². The van der Waals surface area contributed by atoms with Crippen molar-refractivity contribution in [2.45, 2.75) is 17.8 Å². The lowest BCUT2D eigenvalue weighted by Crippen LogP contribution is -2.19. The molecule has 0 aromatic carbocycles. The van der Waals surface area contributed by atoms with Gasteiger partial charge in [-0.1, -0.05) is 0 Å². The van der Waals surface area contributed by atoms with Gasteiger partial charge in [-0.25, -0.2) is 15.0 Å². The summed E-state index contributed by atoms with van der Waals surface area (Å²) in [5.41, 5.74) is 6.77. The van der Waals surface area contributed by atoms with Gasteiger partial charge in [-0.05, 0) is 0 Å². The summed E-state index contributed by atoms with van der Waals surface area (Å²) >= 11 is 1.11. The standard InChI is InChI=1S/C9H12N5O4PS/c10-7-6-8(12-3-11-7)14(4-13-6)1-5-2-20-9(18-5)19(15,16)17/h3-5,9H,1-2H2,(H2,10,11,12)(H2,15,16,17)/t5-,9+/m0/s1. The maximum absolute atomic E-state index is 11.1. The Kier molecular flexibility index (Phi) is 3.43. The fourth-order valence-electron chi connectivity index (χ4n) is 1.96. The van der Waals surface area contributed by atoms with Gasteiger partial charge in [0, 0.05) is 5.75 Å². The summed E-state index contributed by atoms with van der Waals surface area (Å²) in [7, 11) is -4.23. The van der Waals surface area contributed by atoms with Gasteiger partial charge in [0.2, 0.25) is 5.18 Å². The van der Waals surface area contributed by atoms with Crippen molar-refractivity contribution >= 4 is 36.3 Å². The van der Waals surface area contributed by atoms with Gasteiger partial charge < -0.3 is 24.8 Å². The molecule has 0 saturated carbocycles. The Bertz CT molecular complexity index is 688. The highest BCUT2D eigenvalue weighted by atomic mass is 32.2. The second kappa shape index (κ2) is 4.97. The summed E-state index contributed by atoms with van der Waals surface area (Å²) in [5.74, 6) is 0.791. The quantitative estimate of drug-likeness (QED) is 0.668. The van der Waals surface area contributed by atoms with Gasteiger partial charge in [0.05, 0.1) is 19.0 Å². The van der Waals surface area contributed by atoms with Crippen molar-refractivity contribution in [3.63, 3.8) is 0 Å². The smallest absolute Gasteiger partial charge is 0.364 e. The largest absolute Gasteiger partial charge is 0.382 e. The van der Waals surface area contributed by atoms with Gasteiger partial charge in [-0.15, -0.1) is 11.8 Å². The molecular weight excluding hydrogens is 305 g/mol. The van der Waals surface area contributed by atoms with Gasteiger partial charge in [-0.3, -0.25) is 4.57 Å². The van der Waals surface area contributed by atoms with E-state index in [9.17, 15) is 4.57 Å². The molecule has 11 heteroatoms. The molecule has 0 radical (unpaired) electrons. The number of hydrogen-bond acceptors (Lipinski definition) is 7. The minimum Gasteiger partial charge on any atom is -0.382 e. The molecule has 9 nitrogen and oxygen atoms in total. The fraction of sp³-hybridized carbons (Fsp3) is 0.444. The predicted molar refractivity (Wildman–Crippen MR) is 72.9 cm³/mol. The maximum Gasteiger partial charge on any atom is 0.364 e. The van der Waals surface area contributed by atoms with Gasteiger partial charge in [0.1, 0.15) is 11.8 Å². The van der Waals surface area contributed by atoms with E-state index < -0.39 is 12.8 Å². The number of fused-ring (bicyclic) bond motifs is 1. The number of aromatic nitrogens is 4. The number of nitrogens with zero attached hydrogens (tertiary/aromatic N) is 4. The summed E-state index contributed by atoms with van der Waals surface area (Å²) in [4.78, 5) is 30.2. The molecule has 108 valence electrons. The number of anilines is 1. The summed E-state index contributed by atoms with van der Waals surface area (Å²) in [6.45, 7) is 0.399. The molecule has 1 aliphatic heterocycles. The Balaban J connectivity index is 1.78. The van der Waals surface area contributed by atoms with Crippen LogP contribution in [0.3, 0.4) is 0 Å². The van der Waals surface area contributed by atoms with Crippen LogP contribution < -0.4 is 5.73 Å².